The fourth-order valence-corrected chi connectivity index (χ4v) is 4.16. The van der Waals surface area contributed by atoms with Gasteiger partial charge in [0.2, 0.25) is 5.29 Å². The summed E-state index contributed by atoms with van der Waals surface area (Å²) in [7, 11) is 0. The van der Waals surface area contributed by atoms with Gasteiger partial charge in [0, 0.05) is 27.8 Å². The topological polar surface area (TPSA) is 28.0 Å². The molecule has 1 atom stereocenters. The molecule has 178 valence electrons. The summed E-state index contributed by atoms with van der Waals surface area (Å²) in [5.41, 5.74) is 2.13. The molecule has 0 saturated heterocycles. The van der Waals surface area contributed by atoms with Crippen LogP contribution in [-0.4, -0.2) is 22.6 Å². The second-order valence-electron chi connectivity index (χ2n) is 7.01. The number of nitrogens with zero attached hydrogens (tertiary/aromatic N) is 3. The highest BCUT2D eigenvalue weighted by Crippen LogP contribution is 2.33. The van der Waals surface area contributed by atoms with Crippen molar-refractivity contribution in [2.24, 2.45) is 9.50 Å². The Kier molecular flexibility index (Phi) is 9.05. The van der Waals surface area contributed by atoms with Crippen LogP contribution in [0.2, 0.25) is 5.02 Å². The third-order valence-corrected chi connectivity index (χ3v) is 6.26. The van der Waals surface area contributed by atoms with Gasteiger partial charge >= 0.3 is 6.18 Å². The van der Waals surface area contributed by atoms with E-state index in [2.05, 4.69) is 9.50 Å². The van der Waals surface area contributed by atoms with Gasteiger partial charge in [-0.2, -0.15) is 22.7 Å². The lowest BCUT2D eigenvalue weighted by atomic mass is 9.91. The van der Waals surface area contributed by atoms with Gasteiger partial charge in [-0.15, -0.1) is 0 Å². The van der Waals surface area contributed by atoms with Crippen molar-refractivity contribution >= 4 is 46.2 Å². The van der Waals surface area contributed by atoms with Gasteiger partial charge in [-0.1, -0.05) is 67.9 Å². The molecule has 0 aliphatic carbocycles. The lowest BCUT2D eigenvalue weighted by Gasteiger charge is -2.15. The molecule has 0 aromatic heterocycles. The van der Waals surface area contributed by atoms with Crippen LogP contribution in [0.5, 0.6) is 0 Å². The monoisotopic (exact) mass is 523 g/mol. The molecule has 3 nitrogen and oxygen atoms in total. The summed E-state index contributed by atoms with van der Waals surface area (Å²) in [5, 5.41) is 7.06. The quantitative estimate of drug-likeness (QED) is 0.148. The van der Waals surface area contributed by atoms with Crippen LogP contribution in [0.25, 0.3) is 0 Å². The van der Waals surface area contributed by atoms with Gasteiger partial charge in [0.05, 0.1) is 17.8 Å². The van der Waals surface area contributed by atoms with E-state index in [0.29, 0.717) is 16.5 Å². The van der Waals surface area contributed by atoms with Crippen LogP contribution in [0.15, 0.2) is 93.3 Å². The van der Waals surface area contributed by atoms with E-state index >= 15 is 0 Å². The Labute approximate surface area is 211 Å². The number of hydrogen-bond acceptors (Lipinski definition) is 3. The maximum absolute atomic E-state index is 12.7. The summed E-state index contributed by atoms with van der Waals surface area (Å²) in [4.78, 5) is 0.539. The van der Waals surface area contributed by atoms with Crippen molar-refractivity contribution < 1.29 is 13.2 Å². The molecule has 1 unspecified atom stereocenters. The van der Waals surface area contributed by atoms with Crippen molar-refractivity contribution in [1.82, 2.24) is 5.01 Å². The zero-order valence-electron chi connectivity index (χ0n) is 18.4. The zero-order valence-corrected chi connectivity index (χ0v) is 20.8. The minimum absolute atomic E-state index is 0.0302. The molecule has 1 heterocycles. The summed E-state index contributed by atoms with van der Waals surface area (Å²) >= 11 is 13.4. The van der Waals surface area contributed by atoms with Gasteiger partial charge in [-0.25, -0.2) is 5.01 Å². The lowest BCUT2D eigenvalue weighted by molar-refractivity contribution is -0.137. The van der Waals surface area contributed by atoms with Crippen molar-refractivity contribution in [3.8, 4) is 0 Å². The Morgan fingerprint density at radius 1 is 0.971 bits per heavy atom. The summed E-state index contributed by atoms with van der Waals surface area (Å²) in [5.74, 6) is -0.0302. The fourth-order valence-electron chi connectivity index (χ4n) is 3.29. The zero-order chi connectivity index (χ0) is 24.7. The highest BCUT2D eigenvalue weighted by molar-refractivity contribution is 7.98. The van der Waals surface area contributed by atoms with Crippen LogP contribution in [0.4, 0.5) is 13.2 Å². The molecule has 0 saturated carbocycles. The Hall–Kier alpha value is -2.48. The van der Waals surface area contributed by atoms with E-state index in [1.807, 2.05) is 56.3 Å². The predicted octanol–water partition coefficient (Wildman–Crippen LogP) is 8.49. The molecule has 0 spiro atoms. The van der Waals surface area contributed by atoms with Gasteiger partial charge in [-0.05, 0) is 59.1 Å². The van der Waals surface area contributed by atoms with Gasteiger partial charge in [0.25, 0.3) is 0 Å². The maximum Gasteiger partial charge on any atom is 0.416 e. The maximum atomic E-state index is 12.7. The Bertz CT molecular complexity index is 1130. The number of rotatable bonds is 4. The van der Waals surface area contributed by atoms with E-state index in [9.17, 15) is 13.2 Å². The van der Waals surface area contributed by atoms with Crippen molar-refractivity contribution in [3.05, 3.63) is 101 Å². The number of halogens is 5. The Balaban J connectivity index is 0.00000158. The van der Waals surface area contributed by atoms with Crippen LogP contribution in [0, 0.1) is 0 Å². The summed E-state index contributed by atoms with van der Waals surface area (Å²) in [6.07, 6.45) is -4.38. The first-order valence-corrected chi connectivity index (χ1v) is 12.1. The van der Waals surface area contributed by atoms with Gasteiger partial charge in [-0.3, -0.25) is 0 Å². The average molecular weight is 524 g/mol. The molecule has 9 heteroatoms. The van der Waals surface area contributed by atoms with E-state index in [4.69, 9.17) is 23.2 Å². The van der Waals surface area contributed by atoms with Crippen molar-refractivity contribution in [2.45, 2.75) is 30.8 Å². The second-order valence-corrected chi connectivity index (χ2v) is 8.62. The molecule has 3 aromatic rings. The minimum Gasteiger partial charge on any atom is -0.236 e. The number of alkyl halides is 3. The van der Waals surface area contributed by atoms with Crippen LogP contribution in [0.3, 0.4) is 0 Å². The molecule has 4 rings (SSSR count). The van der Waals surface area contributed by atoms with E-state index < -0.39 is 11.7 Å². The predicted molar refractivity (Wildman–Crippen MR) is 136 cm³/mol. The highest BCUT2D eigenvalue weighted by Gasteiger charge is 2.31. The van der Waals surface area contributed by atoms with E-state index in [1.165, 1.54) is 12.1 Å². The van der Waals surface area contributed by atoms with Gasteiger partial charge in [0.15, 0.2) is 0 Å². The molecule has 34 heavy (non-hydrogen) atoms. The van der Waals surface area contributed by atoms with Gasteiger partial charge in [0.1, 0.15) is 0 Å². The van der Waals surface area contributed by atoms with Crippen molar-refractivity contribution in [1.29, 1.82) is 0 Å². The van der Waals surface area contributed by atoms with Gasteiger partial charge < -0.3 is 0 Å². The van der Waals surface area contributed by atoms with E-state index in [-0.39, 0.29) is 11.2 Å². The standard InChI is InChI=1S/C23H16Cl2F3N3S.C2H6/c24-18-10-6-16(7-11-18)21-20(15-4-2-1-3-5-15)14-31(29-21)22(25)30-32-19-12-8-17(9-13-19)23(26,27)28;1-2/h1-13,20H,14H2;1-2H3/b30-22+;. The normalized spacial score (nSPS) is 16.1. The number of benzene rings is 3. The van der Waals surface area contributed by atoms with Crippen LogP contribution >= 0.6 is 35.1 Å². The largest absolute Gasteiger partial charge is 0.416 e. The van der Waals surface area contributed by atoms with E-state index in [1.54, 1.807) is 17.1 Å². The molecule has 0 amide bonds. The van der Waals surface area contributed by atoms with Crippen LogP contribution in [0.1, 0.15) is 36.5 Å². The van der Waals surface area contributed by atoms with Crippen molar-refractivity contribution in [2.75, 3.05) is 6.54 Å². The van der Waals surface area contributed by atoms with Crippen LogP contribution < -0.4 is 0 Å². The lowest BCUT2D eigenvalue weighted by Crippen LogP contribution is -2.21. The SMILES string of the molecule is CC.FC(F)(F)c1ccc(S/N=C(\Cl)N2CC(c3ccccc3)C(c3ccc(Cl)cc3)=N2)cc1. The molecular weight excluding hydrogens is 502 g/mol. The summed E-state index contributed by atoms with van der Waals surface area (Å²) in [6.45, 7) is 4.48. The number of hydrogen-bond donors (Lipinski definition) is 0. The van der Waals surface area contributed by atoms with Crippen molar-refractivity contribution in [3.63, 3.8) is 0 Å². The third kappa shape index (κ3) is 6.56. The molecule has 0 fully saturated rings. The minimum atomic E-state index is -4.38. The summed E-state index contributed by atoms with van der Waals surface area (Å²) in [6, 6.07) is 22.1. The molecule has 1 aliphatic rings. The number of amidine groups is 1. The summed E-state index contributed by atoms with van der Waals surface area (Å²) < 4.78 is 42.4. The molecule has 0 N–H and O–H groups in total. The van der Waals surface area contributed by atoms with E-state index in [0.717, 1.165) is 40.9 Å². The molecule has 3 aromatic carbocycles. The molecule has 0 radical (unpaired) electrons. The number of hydrazone groups is 1. The highest BCUT2D eigenvalue weighted by atomic mass is 35.5. The van der Waals surface area contributed by atoms with Crippen LogP contribution in [-0.2, 0) is 6.18 Å². The Morgan fingerprint density at radius 3 is 2.18 bits per heavy atom. The first-order chi connectivity index (χ1) is 16.3. The first-order valence-electron chi connectivity index (χ1n) is 10.6. The molecule has 1 aliphatic heterocycles. The third-order valence-electron chi connectivity index (χ3n) is 4.88. The smallest absolute Gasteiger partial charge is 0.236 e. The molecule has 0 bridgehead atoms. The second kappa shape index (κ2) is 11.8. The average Bonchev–Trinajstić information content (AvgIpc) is 3.30. The molecular formula is C25H22Cl2F3N3S. The fraction of sp³-hybridized carbons (Fsp3) is 0.200. The first kappa shape index (κ1) is 26.1. The Morgan fingerprint density at radius 2 is 1.59 bits per heavy atom.